The molecule has 1 N–H and O–H groups in total. The second-order valence-corrected chi connectivity index (χ2v) is 4.93. The number of fused-ring (bicyclic) bond motifs is 1. The van der Waals surface area contributed by atoms with E-state index in [1.165, 1.54) is 16.3 Å². The lowest BCUT2D eigenvalue weighted by molar-refractivity contribution is 0.427. The van der Waals surface area contributed by atoms with Gasteiger partial charge in [0.1, 0.15) is 0 Å². The van der Waals surface area contributed by atoms with Crippen LogP contribution in [0, 0.1) is 5.92 Å². The van der Waals surface area contributed by atoms with Gasteiger partial charge in [0.2, 0.25) is 0 Å². The zero-order valence-corrected chi connectivity index (χ0v) is 10.8. The Morgan fingerprint density at radius 3 is 2.76 bits per heavy atom. The van der Waals surface area contributed by atoms with E-state index in [9.17, 15) is 0 Å². The Balaban J connectivity index is 2.19. The number of rotatable bonds is 4. The maximum Gasteiger partial charge on any atom is 0.0346 e. The molecule has 1 atom stereocenters. The molecule has 1 aromatic heterocycles. The molecule has 0 spiro atoms. The fraction of sp³-hybridized carbons (Fsp3) is 0.400. The molecule has 2 heteroatoms. The lowest BCUT2D eigenvalue weighted by atomic mass is 10.0. The van der Waals surface area contributed by atoms with E-state index in [4.69, 9.17) is 0 Å². The second kappa shape index (κ2) is 5.28. The van der Waals surface area contributed by atoms with Crippen LogP contribution in [0.15, 0.2) is 36.7 Å². The van der Waals surface area contributed by atoms with Crippen molar-refractivity contribution in [1.82, 2.24) is 10.3 Å². The van der Waals surface area contributed by atoms with Gasteiger partial charge >= 0.3 is 0 Å². The minimum atomic E-state index is 0.534. The Bertz CT molecular complexity index is 486. The molecule has 2 nitrogen and oxygen atoms in total. The Labute approximate surface area is 103 Å². The van der Waals surface area contributed by atoms with E-state index in [1.807, 2.05) is 12.4 Å². The maximum atomic E-state index is 4.16. The van der Waals surface area contributed by atoms with Gasteiger partial charge < -0.3 is 5.32 Å². The standard InChI is InChI=1S/C15H20N2/c1-11(2)12(3)17-10-14-6-4-5-13-9-16-8-7-15(13)14/h4-9,11-12,17H,10H2,1-3H3. The van der Waals surface area contributed by atoms with E-state index in [2.05, 4.69) is 55.3 Å². The van der Waals surface area contributed by atoms with Crippen LogP contribution in [0.25, 0.3) is 10.8 Å². The molecule has 2 rings (SSSR count). The van der Waals surface area contributed by atoms with Crippen LogP contribution >= 0.6 is 0 Å². The summed E-state index contributed by atoms with van der Waals surface area (Å²) in [6.45, 7) is 7.63. The molecule has 1 heterocycles. The van der Waals surface area contributed by atoms with Crippen LogP contribution in [-0.2, 0) is 6.54 Å². The molecule has 1 unspecified atom stereocenters. The van der Waals surface area contributed by atoms with Crippen molar-refractivity contribution < 1.29 is 0 Å². The summed E-state index contributed by atoms with van der Waals surface area (Å²) in [5.74, 6) is 0.659. The molecular weight excluding hydrogens is 208 g/mol. The molecule has 0 radical (unpaired) electrons. The fourth-order valence-electron chi connectivity index (χ4n) is 1.85. The minimum Gasteiger partial charge on any atom is -0.310 e. The van der Waals surface area contributed by atoms with Crippen molar-refractivity contribution in [2.45, 2.75) is 33.4 Å². The summed E-state index contributed by atoms with van der Waals surface area (Å²) in [6.07, 6.45) is 3.78. The summed E-state index contributed by atoms with van der Waals surface area (Å²) in [5, 5.41) is 6.08. The smallest absolute Gasteiger partial charge is 0.0346 e. The average molecular weight is 228 g/mol. The molecule has 2 aromatic rings. The first-order valence-corrected chi connectivity index (χ1v) is 6.23. The molecule has 0 bridgehead atoms. The maximum absolute atomic E-state index is 4.16. The summed E-state index contributed by atoms with van der Waals surface area (Å²) in [4.78, 5) is 4.16. The Morgan fingerprint density at radius 1 is 1.18 bits per heavy atom. The fourth-order valence-corrected chi connectivity index (χ4v) is 1.85. The van der Waals surface area contributed by atoms with Gasteiger partial charge in [0.15, 0.2) is 0 Å². The molecule has 0 fully saturated rings. The Morgan fingerprint density at radius 2 is 2.00 bits per heavy atom. The van der Waals surface area contributed by atoms with E-state index >= 15 is 0 Å². The van der Waals surface area contributed by atoms with Crippen molar-refractivity contribution in [3.63, 3.8) is 0 Å². The van der Waals surface area contributed by atoms with Gasteiger partial charge in [-0.3, -0.25) is 4.98 Å². The predicted octanol–water partition coefficient (Wildman–Crippen LogP) is 3.37. The van der Waals surface area contributed by atoms with E-state index < -0.39 is 0 Å². The van der Waals surface area contributed by atoms with Crippen molar-refractivity contribution in [3.05, 3.63) is 42.2 Å². The summed E-state index contributed by atoms with van der Waals surface area (Å²) < 4.78 is 0. The van der Waals surface area contributed by atoms with E-state index in [0.29, 0.717) is 12.0 Å². The highest BCUT2D eigenvalue weighted by molar-refractivity contribution is 5.84. The van der Waals surface area contributed by atoms with Crippen LogP contribution < -0.4 is 5.32 Å². The summed E-state index contributed by atoms with van der Waals surface area (Å²) in [7, 11) is 0. The SMILES string of the molecule is CC(C)C(C)NCc1cccc2cnccc12. The van der Waals surface area contributed by atoms with Crippen LogP contribution in [0.5, 0.6) is 0 Å². The number of hydrogen-bond donors (Lipinski definition) is 1. The van der Waals surface area contributed by atoms with Crippen molar-refractivity contribution in [1.29, 1.82) is 0 Å². The van der Waals surface area contributed by atoms with E-state index in [1.54, 1.807) is 0 Å². The van der Waals surface area contributed by atoms with Gasteiger partial charge in [-0.1, -0.05) is 32.0 Å². The van der Waals surface area contributed by atoms with Crippen molar-refractivity contribution >= 4 is 10.8 Å². The molecule has 0 aliphatic rings. The van der Waals surface area contributed by atoms with Crippen molar-refractivity contribution in [2.24, 2.45) is 5.92 Å². The number of pyridine rings is 1. The van der Waals surface area contributed by atoms with Crippen LogP contribution in [-0.4, -0.2) is 11.0 Å². The molecule has 0 saturated carbocycles. The number of aromatic nitrogens is 1. The predicted molar refractivity (Wildman–Crippen MR) is 72.9 cm³/mol. The highest BCUT2D eigenvalue weighted by Crippen LogP contribution is 2.17. The topological polar surface area (TPSA) is 24.9 Å². The first-order valence-electron chi connectivity index (χ1n) is 6.23. The van der Waals surface area contributed by atoms with Gasteiger partial charge in [0.25, 0.3) is 0 Å². The molecule has 0 aliphatic heterocycles. The molecule has 1 aromatic carbocycles. The van der Waals surface area contributed by atoms with Gasteiger partial charge in [-0.2, -0.15) is 0 Å². The molecule has 90 valence electrons. The van der Waals surface area contributed by atoms with Gasteiger partial charge in [0, 0.05) is 30.4 Å². The number of hydrogen-bond acceptors (Lipinski definition) is 2. The number of nitrogens with zero attached hydrogens (tertiary/aromatic N) is 1. The first-order chi connectivity index (χ1) is 8.18. The van der Waals surface area contributed by atoms with E-state index in [-0.39, 0.29) is 0 Å². The third-order valence-corrected chi connectivity index (χ3v) is 3.39. The first kappa shape index (κ1) is 12.1. The third-order valence-electron chi connectivity index (χ3n) is 3.39. The van der Waals surface area contributed by atoms with Crippen molar-refractivity contribution in [3.8, 4) is 0 Å². The summed E-state index contributed by atoms with van der Waals surface area (Å²) >= 11 is 0. The molecule has 0 saturated heterocycles. The molecule has 0 amide bonds. The van der Waals surface area contributed by atoms with E-state index in [0.717, 1.165) is 6.54 Å². The Kier molecular flexibility index (Phi) is 3.75. The average Bonchev–Trinajstić information content (AvgIpc) is 2.35. The van der Waals surface area contributed by atoms with Crippen LogP contribution in [0.1, 0.15) is 26.3 Å². The van der Waals surface area contributed by atoms with Crippen LogP contribution in [0.3, 0.4) is 0 Å². The molecule has 0 aliphatic carbocycles. The van der Waals surface area contributed by atoms with Crippen molar-refractivity contribution in [2.75, 3.05) is 0 Å². The quantitative estimate of drug-likeness (QED) is 0.868. The monoisotopic (exact) mass is 228 g/mol. The van der Waals surface area contributed by atoms with Crippen LogP contribution in [0.4, 0.5) is 0 Å². The van der Waals surface area contributed by atoms with Gasteiger partial charge in [-0.15, -0.1) is 0 Å². The number of nitrogens with one attached hydrogen (secondary N) is 1. The zero-order valence-electron chi connectivity index (χ0n) is 10.8. The Hall–Kier alpha value is -1.41. The van der Waals surface area contributed by atoms with Gasteiger partial charge in [-0.05, 0) is 29.9 Å². The van der Waals surface area contributed by atoms with Crippen LogP contribution in [0.2, 0.25) is 0 Å². The lowest BCUT2D eigenvalue weighted by Crippen LogP contribution is -2.30. The second-order valence-electron chi connectivity index (χ2n) is 4.93. The lowest BCUT2D eigenvalue weighted by Gasteiger charge is -2.18. The summed E-state index contributed by atoms with van der Waals surface area (Å²) in [6, 6.07) is 9.01. The zero-order chi connectivity index (χ0) is 12.3. The molecular formula is C15H20N2. The largest absolute Gasteiger partial charge is 0.310 e. The normalized spacial score (nSPS) is 13.2. The third kappa shape index (κ3) is 2.83. The highest BCUT2D eigenvalue weighted by Gasteiger charge is 2.07. The highest BCUT2D eigenvalue weighted by atomic mass is 14.9. The van der Waals surface area contributed by atoms with Gasteiger partial charge in [0.05, 0.1) is 0 Å². The summed E-state index contributed by atoms with van der Waals surface area (Å²) in [5.41, 5.74) is 1.34. The minimum absolute atomic E-state index is 0.534. The number of benzene rings is 1. The van der Waals surface area contributed by atoms with Gasteiger partial charge in [-0.25, -0.2) is 0 Å². The molecule has 17 heavy (non-hydrogen) atoms.